The molecule has 0 unspecified atom stereocenters. The predicted molar refractivity (Wildman–Crippen MR) is 90.5 cm³/mol. The van der Waals surface area contributed by atoms with Gasteiger partial charge in [0.1, 0.15) is 0 Å². The second-order valence-corrected chi connectivity index (χ2v) is 5.17. The van der Waals surface area contributed by atoms with E-state index in [2.05, 4.69) is 15.1 Å². The molecule has 0 saturated heterocycles. The van der Waals surface area contributed by atoms with Crippen molar-refractivity contribution in [3.63, 3.8) is 0 Å². The van der Waals surface area contributed by atoms with Crippen LogP contribution in [0.5, 0.6) is 0 Å². The highest BCUT2D eigenvalue weighted by molar-refractivity contribution is 5.85. The molecule has 6 nitrogen and oxygen atoms in total. The van der Waals surface area contributed by atoms with Crippen LogP contribution in [0, 0.1) is 0 Å². The molecule has 0 bridgehead atoms. The first kappa shape index (κ1) is 13.3. The number of rotatable bonds is 2. The van der Waals surface area contributed by atoms with Crippen molar-refractivity contribution >= 4 is 17.2 Å². The summed E-state index contributed by atoms with van der Waals surface area (Å²) in [5.74, 6) is 0.398. The zero-order valence-corrected chi connectivity index (χ0v) is 12.2. The molecule has 23 heavy (non-hydrogen) atoms. The van der Waals surface area contributed by atoms with E-state index in [-0.39, 0.29) is 0 Å². The van der Waals surface area contributed by atoms with E-state index >= 15 is 0 Å². The lowest BCUT2D eigenvalue weighted by Gasteiger charge is -2.05. The van der Waals surface area contributed by atoms with E-state index in [0.29, 0.717) is 17.2 Å². The summed E-state index contributed by atoms with van der Waals surface area (Å²) in [4.78, 5) is 8.85. The summed E-state index contributed by atoms with van der Waals surface area (Å²) in [7, 11) is 0. The summed E-state index contributed by atoms with van der Waals surface area (Å²) < 4.78 is 1.67. The molecule has 4 aromatic rings. The average molecular weight is 302 g/mol. The number of hydrogen-bond acceptors (Lipinski definition) is 5. The molecular weight excluding hydrogens is 288 g/mol. The van der Waals surface area contributed by atoms with E-state index in [0.717, 1.165) is 22.4 Å². The van der Waals surface area contributed by atoms with Gasteiger partial charge in [-0.15, -0.1) is 5.10 Å². The number of pyridine rings is 1. The van der Waals surface area contributed by atoms with Gasteiger partial charge in [-0.3, -0.25) is 4.98 Å². The smallest absolute Gasteiger partial charge is 0.166 e. The lowest BCUT2D eigenvalue weighted by atomic mass is 10.1. The minimum Gasteiger partial charge on any atom is -0.398 e. The molecule has 0 amide bonds. The van der Waals surface area contributed by atoms with Crippen LogP contribution < -0.4 is 11.5 Å². The predicted octanol–water partition coefficient (Wildman–Crippen LogP) is 2.62. The highest BCUT2D eigenvalue weighted by atomic mass is 15.3. The second-order valence-electron chi connectivity index (χ2n) is 5.17. The summed E-state index contributed by atoms with van der Waals surface area (Å²) in [5, 5.41) is 4.36. The third kappa shape index (κ3) is 2.17. The van der Waals surface area contributed by atoms with Crippen LogP contribution >= 0.6 is 0 Å². The Labute approximate surface area is 132 Å². The van der Waals surface area contributed by atoms with E-state index in [1.165, 1.54) is 0 Å². The number of benzene rings is 1. The molecule has 4 N–H and O–H groups in total. The SMILES string of the molecule is Nc1ccccc1-c1cnc2c(-c3ccccn3)c(N)nn2c1. The van der Waals surface area contributed by atoms with Crippen molar-refractivity contribution in [1.82, 2.24) is 19.6 Å². The molecule has 6 heteroatoms. The van der Waals surface area contributed by atoms with Gasteiger partial charge in [0, 0.05) is 35.4 Å². The number of nitrogens with zero attached hydrogens (tertiary/aromatic N) is 4. The quantitative estimate of drug-likeness (QED) is 0.555. The monoisotopic (exact) mass is 302 g/mol. The first-order valence-electron chi connectivity index (χ1n) is 7.14. The van der Waals surface area contributed by atoms with Crippen LogP contribution in [0.25, 0.3) is 28.0 Å². The zero-order chi connectivity index (χ0) is 15.8. The van der Waals surface area contributed by atoms with Crippen LogP contribution in [0.3, 0.4) is 0 Å². The van der Waals surface area contributed by atoms with Gasteiger partial charge in [-0.2, -0.15) is 0 Å². The summed E-state index contributed by atoms with van der Waals surface area (Å²) in [6.07, 6.45) is 5.36. The van der Waals surface area contributed by atoms with Crippen molar-refractivity contribution in [2.75, 3.05) is 11.5 Å². The zero-order valence-electron chi connectivity index (χ0n) is 12.2. The number of anilines is 2. The highest BCUT2D eigenvalue weighted by Gasteiger charge is 2.15. The second kappa shape index (κ2) is 5.10. The molecule has 0 aliphatic rings. The summed E-state index contributed by atoms with van der Waals surface area (Å²) >= 11 is 0. The summed E-state index contributed by atoms with van der Waals surface area (Å²) in [6.45, 7) is 0. The number of para-hydroxylation sites is 1. The number of hydrogen-bond donors (Lipinski definition) is 2. The van der Waals surface area contributed by atoms with Crippen LogP contribution in [0.2, 0.25) is 0 Å². The first-order chi connectivity index (χ1) is 11.2. The molecular formula is C17H14N6. The molecule has 0 radical (unpaired) electrons. The lowest BCUT2D eigenvalue weighted by Crippen LogP contribution is -1.95. The van der Waals surface area contributed by atoms with Gasteiger partial charge < -0.3 is 11.5 Å². The molecule has 3 heterocycles. The van der Waals surface area contributed by atoms with Gasteiger partial charge in [0.2, 0.25) is 0 Å². The molecule has 0 aliphatic heterocycles. The number of aromatic nitrogens is 4. The van der Waals surface area contributed by atoms with E-state index < -0.39 is 0 Å². The van der Waals surface area contributed by atoms with Gasteiger partial charge in [-0.25, -0.2) is 9.50 Å². The fourth-order valence-electron chi connectivity index (χ4n) is 2.61. The standard InChI is InChI=1S/C17H14N6/c18-13-6-2-1-5-12(13)11-9-21-17-15(14-7-3-4-8-20-14)16(19)22-23(17)10-11/h1-10H,18H2,(H2,19,22). The highest BCUT2D eigenvalue weighted by Crippen LogP contribution is 2.30. The molecule has 112 valence electrons. The Morgan fingerprint density at radius 2 is 1.74 bits per heavy atom. The third-order valence-corrected chi connectivity index (χ3v) is 3.69. The maximum absolute atomic E-state index is 6.07. The molecule has 3 aromatic heterocycles. The van der Waals surface area contributed by atoms with Crippen LogP contribution in [-0.2, 0) is 0 Å². The van der Waals surface area contributed by atoms with Gasteiger partial charge in [-0.1, -0.05) is 24.3 Å². The minimum atomic E-state index is 0.398. The fourth-order valence-corrected chi connectivity index (χ4v) is 2.61. The molecule has 0 fully saturated rings. The molecule has 0 aliphatic carbocycles. The summed E-state index contributed by atoms with van der Waals surface area (Å²) in [5.41, 5.74) is 16.7. The number of nitrogen functional groups attached to an aromatic ring is 2. The number of nitrogens with two attached hydrogens (primary N) is 2. The van der Waals surface area contributed by atoms with Crippen molar-refractivity contribution in [2.45, 2.75) is 0 Å². The topological polar surface area (TPSA) is 95.1 Å². The van der Waals surface area contributed by atoms with Gasteiger partial charge in [0.15, 0.2) is 11.5 Å². The Bertz CT molecular complexity index is 991. The van der Waals surface area contributed by atoms with Gasteiger partial charge >= 0.3 is 0 Å². The molecule has 0 saturated carbocycles. The largest absolute Gasteiger partial charge is 0.398 e. The van der Waals surface area contributed by atoms with Crippen molar-refractivity contribution in [2.24, 2.45) is 0 Å². The van der Waals surface area contributed by atoms with Crippen LogP contribution in [0.15, 0.2) is 61.1 Å². The lowest BCUT2D eigenvalue weighted by molar-refractivity contribution is 0.947. The Kier molecular flexibility index (Phi) is 2.94. The maximum Gasteiger partial charge on any atom is 0.166 e. The van der Waals surface area contributed by atoms with E-state index in [1.54, 1.807) is 16.9 Å². The van der Waals surface area contributed by atoms with Crippen molar-refractivity contribution < 1.29 is 0 Å². The Morgan fingerprint density at radius 1 is 0.913 bits per heavy atom. The van der Waals surface area contributed by atoms with Gasteiger partial charge in [0.05, 0.1) is 11.3 Å². The third-order valence-electron chi connectivity index (χ3n) is 3.69. The first-order valence-corrected chi connectivity index (χ1v) is 7.14. The van der Waals surface area contributed by atoms with Crippen molar-refractivity contribution in [3.05, 3.63) is 61.1 Å². The van der Waals surface area contributed by atoms with Crippen LogP contribution in [0.1, 0.15) is 0 Å². The normalized spacial score (nSPS) is 11.0. The van der Waals surface area contributed by atoms with Crippen LogP contribution in [0.4, 0.5) is 11.5 Å². The minimum absolute atomic E-state index is 0.398. The molecule has 4 rings (SSSR count). The van der Waals surface area contributed by atoms with E-state index in [9.17, 15) is 0 Å². The van der Waals surface area contributed by atoms with Crippen LogP contribution in [-0.4, -0.2) is 19.6 Å². The molecule has 0 spiro atoms. The Balaban J connectivity index is 1.91. The Hall–Kier alpha value is -3.41. The Morgan fingerprint density at radius 3 is 2.52 bits per heavy atom. The number of fused-ring (bicyclic) bond motifs is 1. The van der Waals surface area contributed by atoms with E-state index in [1.807, 2.05) is 48.7 Å². The van der Waals surface area contributed by atoms with Crippen molar-refractivity contribution in [3.8, 4) is 22.4 Å². The average Bonchev–Trinajstić information content (AvgIpc) is 2.91. The summed E-state index contributed by atoms with van der Waals surface area (Å²) in [6, 6.07) is 13.3. The molecule has 1 aromatic carbocycles. The maximum atomic E-state index is 6.07. The van der Waals surface area contributed by atoms with E-state index in [4.69, 9.17) is 11.5 Å². The van der Waals surface area contributed by atoms with Gasteiger partial charge in [0.25, 0.3) is 0 Å². The molecule has 0 atom stereocenters. The van der Waals surface area contributed by atoms with Crippen molar-refractivity contribution in [1.29, 1.82) is 0 Å². The van der Waals surface area contributed by atoms with Gasteiger partial charge in [-0.05, 0) is 18.2 Å². The fraction of sp³-hybridized carbons (Fsp3) is 0.